The third-order valence-electron chi connectivity index (χ3n) is 3.13. The van der Waals surface area contributed by atoms with Crippen LogP contribution in [0.3, 0.4) is 0 Å². The number of nitro groups is 1. The second kappa shape index (κ2) is 7.22. The van der Waals surface area contributed by atoms with Crippen molar-refractivity contribution in [3.63, 3.8) is 0 Å². The summed E-state index contributed by atoms with van der Waals surface area (Å²) in [6.45, 7) is 1.28. The molecule has 24 heavy (non-hydrogen) atoms. The summed E-state index contributed by atoms with van der Waals surface area (Å²) in [5, 5.41) is 24.1. The molecule has 0 bridgehead atoms. The van der Waals surface area contributed by atoms with Gasteiger partial charge in [-0.25, -0.2) is 15.0 Å². The summed E-state index contributed by atoms with van der Waals surface area (Å²) in [5.41, 5.74) is 2.86. The molecule has 0 unspecified atom stereocenters. The van der Waals surface area contributed by atoms with E-state index in [1.807, 2.05) is 0 Å². The van der Waals surface area contributed by atoms with Gasteiger partial charge in [-0.2, -0.15) is 5.10 Å². The van der Waals surface area contributed by atoms with Gasteiger partial charge in [-0.05, 0) is 28.7 Å². The molecule has 0 saturated heterocycles. The second-order valence-electron chi connectivity index (χ2n) is 4.73. The standard InChI is InChI=1S/C14H15N5O5/c1-9-15-7-14(19(22)23)18(9)8-13(21)17-16-6-10-3-4-11(20)12(5-10)24-2/h3-7,20H,8H2,1-2H3,(H,17,21). The SMILES string of the molecule is COc1cc(C=NNC(=O)Cn2c([N+](=O)[O-])cnc2C)ccc1O. The number of hydrogen-bond acceptors (Lipinski definition) is 7. The fourth-order valence-electron chi connectivity index (χ4n) is 1.93. The van der Waals surface area contributed by atoms with E-state index in [1.165, 1.54) is 30.0 Å². The van der Waals surface area contributed by atoms with Crippen LogP contribution in [0.15, 0.2) is 29.5 Å². The highest BCUT2D eigenvalue weighted by Gasteiger charge is 2.19. The number of hydrazone groups is 1. The van der Waals surface area contributed by atoms with Crippen LogP contribution in [-0.4, -0.2) is 38.8 Å². The van der Waals surface area contributed by atoms with Crippen molar-refractivity contribution in [2.45, 2.75) is 13.5 Å². The number of carbonyl (C=O) groups is 1. The predicted molar refractivity (Wildman–Crippen MR) is 84.0 cm³/mol. The Hall–Kier alpha value is -3.43. The van der Waals surface area contributed by atoms with Gasteiger partial charge in [0.15, 0.2) is 23.9 Å². The first-order chi connectivity index (χ1) is 11.4. The first kappa shape index (κ1) is 16.9. The highest BCUT2D eigenvalue weighted by Crippen LogP contribution is 2.25. The van der Waals surface area contributed by atoms with E-state index in [0.717, 1.165) is 6.20 Å². The zero-order chi connectivity index (χ0) is 17.7. The molecule has 1 aromatic carbocycles. The van der Waals surface area contributed by atoms with E-state index in [2.05, 4.69) is 15.5 Å². The maximum Gasteiger partial charge on any atom is 0.343 e. The maximum absolute atomic E-state index is 11.8. The van der Waals surface area contributed by atoms with Crippen molar-refractivity contribution < 1.29 is 19.6 Å². The molecule has 1 heterocycles. The third-order valence-corrected chi connectivity index (χ3v) is 3.13. The van der Waals surface area contributed by atoms with Crippen LogP contribution in [0.25, 0.3) is 0 Å². The Labute approximate surface area is 136 Å². The molecule has 0 radical (unpaired) electrons. The molecular formula is C14H15N5O5. The lowest BCUT2D eigenvalue weighted by atomic mass is 10.2. The van der Waals surface area contributed by atoms with Crippen LogP contribution in [0.2, 0.25) is 0 Å². The van der Waals surface area contributed by atoms with Gasteiger partial charge in [0.05, 0.1) is 13.3 Å². The molecule has 2 N–H and O–H groups in total. The fraction of sp³-hybridized carbons (Fsp3) is 0.214. The van der Waals surface area contributed by atoms with Gasteiger partial charge < -0.3 is 20.0 Å². The van der Waals surface area contributed by atoms with Crippen molar-refractivity contribution in [2.24, 2.45) is 5.10 Å². The molecule has 0 atom stereocenters. The maximum atomic E-state index is 11.8. The molecule has 2 aromatic rings. The van der Waals surface area contributed by atoms with Crippen LogP contribution in [-0.2, 0) is 11.3 Å². The number of carbonyl (C=O) groups excluding carboxylic acids is 1. The van der Waals surface area contributed by atoms with Gasteiger partial charge in [-0.1, -0.05) is 0 Å². The number of imidazole rings is 1. The molecule has 126 valence electrons. The Kier molecular flexibility index (Phi) is 5.09. The molecule has 0 fully saturated rings. The van der Waals surface area contributed by atoms with E-state index >= 15 is 0 Å². The number of aromatic hydroxyl groups is 1. The number of aryl methyl sites for hydroxylation is 1. The quantitative estimate of drug-likeness (QED) is 0.460. The predicted octanol–water partition coefficient (Wildman–Crippen LogP) is 0.964. The Morgan fingerprint density at radius 3 is 3.00 bits per heavy atom. The summed E-state index contributed by atoms with van der Waals surface area (Å²) in [5.74, 6) is -0.197. The Morgan fingerprint density at radius 2 is 2.33 bits per heavy atom. The van der Waals surface area contributed by atoms with E-state index in [1.54, 1.807) is 13.0 Å². The summed E-state index contributed by atoms with van der Waals surface area (Å²) in [4.78, 5) is 25.9. The first-order valence-electron chi connectivity index (χ1n) is 6.77. The van der Waals surface area contributed by atoms with E-state index < -0.39 is 10.8 Å². The number of nitrogens with zero attached hydrogens (tertiary/aromatic N) is 4. The van der Waals surface area contributed by atoms with Crippen molar-refractivity contribution in [2.75, 3.05) is 7.11 Å². The number of phenols is 1. The van der Waals surface area contributed by atoms with Gasteiger partial charge in [0.2, 0.25) is 0 Å². The average molecular weight is 333 g/mol. The summed E-state index contributed by atoms with van der Waals surface area (Å²) < 4.78 is 6.13. The zero-order valence-electron chi connectivity index (χ0n) is 13.0. The Bertz CT molecular complexity index is 799. The minimum Gasteiger partial charge on any atom is -0.504 e. The van der Waals surface area contributed by atoms with E-state index in [4.69, 9.17) is 4.74 Å². The molecule has 1 amide bonds. The molecule has 10 nitrogen and oxygen atoms in total. The lowest BCUT2D eigenvalue weighted by molar-refractivity contribution is -0.392. The summed E-state index contributed by atoms with van der Waals surface area (Å²) in [6, 6.07) is 4.55. The van der Waals surface area contributed by atoms with Gasteiger partial charge in [0.1, 0.15) is 6.20 Å². The highest BCUT2D eigenvalue weighted by molar-refractivity contribution is 5.83. The summed E-state index contributed by atoms with van der Waals surface area (Å²) >= 11 is 0. The third kappa shape index (κ3) is 3.85. The van der Waals surface area contributed by atoms with Crippen molar-refractivity contribution in [3.05, 3.63) is 45.9 Å². The first-order valence-corrected chi connectivity index (χ1v) is 6.77. The largest absolute Gasteiger partial charge is 0.504 e. The number of phenolic OH excluding ortho intramolecular Hbond substituents is 1. The van der Waals surface area contributed by atoms with Gasteiger partial charge >= 0.3 is 5.82 Å². The average Bonchev–Trinajstić information content (AvgIpc) is 2.90. The Morgan fingerprint density at radius 1 is 1.58 bits per heavy atom. The molecule has 0 aliphatic rings. The van der Waals surface area contributed by atoms with Crippen LogP contribution < -0.4 is 10.2 Å². The van der Waals surface area contributed by atoms with Gasteiger partial charge in [-0.3, -0.25) is 4.79 Å². The van der Waals surface area contributed by atoms with Crippen LogP contribution in [0.1, 0.15) is 11.4 Å². The van der Waals surface area contributed by atoms with Crippen molar-refractivity contribution >= 4 is 17.9 Å². The fourth-order valence-corrected chi connectivity index (χ4v) is 1.93. The number of amides is 1. The molecule has 1 aromatic heterocycles. The number of hydrogen-bond donors (Lipinski definition) is 2. The van der Waals surface area contributed by atoms with Crippen molar-refractivity contribution in [3.8, 4) is 11.5 Å². The number of nitrogens with one attached hydrogen (secondary N) is 1. The van der Waals surface area contributed by atoms with Gasteiger partial charge in [0.25, 0.3) is 5.91 Å². The molecule has 0 saturated carbocycles. The highest BCUT2D eigenvalue weighted by atomic mass is 16.6. The van der Waals surface area contributed by atoms with Crippen molar-refractivity contribution in [1.82, 2.24) is 15.0 Å². The number of rotatable bonds is 6. The minimum absolute atomic E-state index is 0.0124. The summed E-state index contributed by atoms with van der Waals surface area (Å²) in [7, 11) is 1.41. The molecule has 2 rings (SSSR count). The number of aromatic nitrogens is 2. The Balaban J connectivity index is 2.01. The molecule has 0 aliphatic heterocycles. The number of ether oxygens (including phenoxy) is 1. The van der Waals surface area contributed by atoms with E-state index in [-0.39, 0.29) is 23.9 Å². The molecule has 0 spiro atoms. The van der Waals surface area contributed by atoms with Crippen LogP contribution in [0.5, 0.6) is 11.5 Å². The van der Waals surface area contributed by atoms with Crippen LogP contribution in [0, 0.1) is 17.0 Å². The molecular weight excluding hydrogens is 318 g/mol. The van der Waals surface area contributed by atoms with E-state index in [9.17, 15) is 20.0 Å². The van der Waals surface area contributed by atoms with Gasteiger partial charge in [0, 0.05) is 6.92 Å². The normalized spacial score (nSPS) is 10.8. The summed E-state index contributed by atoms with van der Waals surface area (Å²) in [6.07, 6.45) is 2.45. The van der Waals surface area contributed by atoms with Crippen LogP contribution >= 0.6 is 0 Å². The minimum atomic E-state index is -0.612. The van der Waals surface area contributed by atoms with E-state index in [0.29, 0.717) is 11.4 Å². The number of methoxy groups -OCH3 is 1. The van der Waals surface area contributed by atoms with Crippen molar-refractivity contribution in [1.29, 1.82) is 0 Å². The van der Waals surface area contributed by atoms with Gasteiger partial charge in [-0.15, -0.1) is 0 Å². The number of benzene rings is 1. The lowest BCUT2D eigenvalue weighted by Gasteiger charge is -2.04. The van der Waals surface area contributed by atoms with Crippen LogP contribution in [0.4, 0.5) is 5.82 Å². The topological polar surface area (TPSA) is 132 Å². The zero-order valence-corrected chi connectivity index (χ0v) is 13.0. The monoisotopic (exact) mass is 333 g/mol. The molecule has 10 heteroatoms. The molecule has 0 aliphatic carbocycles. The smallest absolute Gasteiger partial charge is 0.343 e. The lowest BCUT2D eigenvalue weighted by Crippen LogP contribution is -2.24. The second-order valence-corrected chi connectivity index (χ2v) is 4.73.